The summed E-state index contributed by atoms with van der Waals surface area (Å²) in [5, 5.41) is 0.635. The third-order valence-electron chi connectivity index (χ3n) is 10.8. The second kappa shape index (κ2) is 15.5. The van der Waals surface area contributed by atoms with Gasteiger partial charge in [-0.05, 0) is 120 Å². The first-order chi connectivity index (χ1) is 22.9. The molecule has 5 rings (SSSR count). The number of alkyl halides is 1. The zero-order chi connectivity index (χ0) is 34.6. The van der Waals surface area contributed by atoms with Crippen molar-refractivity contribution in [3.8, 4) is 0 Å². The van der Waals surface area contributed by atoms with Gasteiger partial charge in [-0.2, -0.15) is 0 Å². The number of ether oxygens (including phenoxy) is 3. The summed E-state index contributed by atoms with van der Waals surface area (Å²) in [5.41, 5.74) is 6.46. The van der Waals surface area contributed by atoms with Gasteiger partial charge >= 0.3 is 11.9 Å². The predicted octanol–water partition coefficient (Wildman–Crippen LogP) is 5.77. The zero-order valence-electron chi connectivity index (χ0n) is 28.7. The largest absolute Gasteiger partial charge is 0.449 e. The molecule has 2 aromatic rings. The number of esters is 2. The van der Waals surface area contributed by atoms with E-state index in [1.54, 1.807) is 46.1 Å². The molecule has 2 aliphatic carbocycles. The number of carbonyl (C=O) groups is 4. The quantitative estimate of drug-likeness (QED) is 0.233. The van der Waals surface area contributed by atoms with Crippen LogP contribution in [0.1, 0.15) is 94.7 Å². The molecule has 3 aliphatic rings. The van der Waals surface area contributed by atoms with E-state index in [2.05, 4.69) is 0 Å². The van der Waals surface area contributed by atoms with E-state index < -0.39 is 42.9 Å². The first-order valence-electron chi connectivity index (χ1n) is 17.4. The third-order valence-corrected chi connectivity index (χ3v) is 10.8. The second-order valence-electron chi connectivity index (χ2n) is 15.0. The van der Waals surface area contributed by atoms with Crippen molar-refractivity contribution in [2.75, 3.05) is 27.1 Å². The predicted molar refractivity (Wildman–Crippen MR) is 177 cm³/mol. The van der Waals surface area contributed by atoms with Gasteiger partial charge in [0, 0.05) is 37.4 Å². The minimum Gasteiger partial charge on any atom is -0.449 e. The van der Waals surface area contributed by atoms with E-state index in [4.69, 9.17) is 24.4 Å². The van der Waals surface area contributed by atoms with E-state index in [0.29, 0.717) is 36.3 Å². The first-order valence-corrected chi connectivity index (χ1v) is 17.4. The van der Waals surface area contributed by atoms with Crippen LogP contribution in [0.25, 0.3) is 11.0 Å². The Morgan fingerprint density at radius 2 is 1.69 bits per heavy atom. The van der Waals surface area contributed by atoms with E-state index in [1.165, 1.54) is 0 Å². The lowest BCUT2D eigenvalue weighted by atomic mass is 9.74. The molecule has 0 radical (unpaired) electrons. The van der Waals surface area contributed by atoms with Crippen molar-refractivity contribution in [3.63, 3.8) is 0 Å². The van der Waals surface area contributed by atoms with Gasteiger partial charge in [-0.15, -0.1) is 0 Å². The van der Waals surface area contributed by atoms with E-state index in [0.717, 1.165) is 50.5 Å². The number of ketones is 1. The fraction of sp³-hybridized carbons (Fsp3) is 0.676. The van der Waals surface area contributed by atoms with Gasteiger partial charge in [0.1, 0.15) is 12.3 Å². The van der Waals surface area contributed by atoms with Gasteiger partial charge < -0.3 is 29.3 Å². The fourth-order valence-electron chi connectivity index (χ4n) is 7.91. The number of likely N-dealkylation sites (tertiary alicyclic amines) is 1. The number of nitrogens with zero attached hydrogens (tertiary/aromatic N) is 1. The lowest BCUT2D eigenvalue weighted by Crippen LogP contribution is -2.48. The molecular formula is C37H51FN2O8. The average molecular weight is 671 g/mol. The topological polar surface area (TPSA) is 138 Å². The maximum absolute atomic E-state index is 14.2. The van der Waals surface area contributed by atoms with E-state index in [1.807, 2.05) is 11.0 Å². The minimum absolute atomic E-state index is 0.0102. The summed E-state index contributed by atoms with van der Waals surface area (Å²) in [6.45, 7) is 4.59. The van der Waals surface area contributed by atoms with Crippen LogP contribution in [-0.2, 0) is 35.0 Å². The van der Waals surface area contributed by atoms with Gasteiger partial charge in [0.05, 0.1) is 17.6 Å². The van der Waals surface area contributed by atoms with Gasteiger partial charge in [-0.3, -0.25) is 14.4 Å². The molecule has 1 aliphatic heterocycles. The average Bonchev–Trinajstić information content (AvgIpc) is 3.72. The van der Waals surface area contributed by atoms with Crippen LogP contribution in [0.3, 0.4) is 0 Å². The molecule has 3 fully saturated rings. The maximum Gasteiger partial charge on any atom is 0.377 e. The standard InChI is InChI=1S/C37H51FN2O8/c1-37(2,3)36(44)47-21-46-35(43)32-19-26-17-22(5-14-31(26)48-32)18-30(41)33-28(23-10-12-27(45-4)13-11-23)15-16-40(33)34(42)25-8-6-24(7-9-25)29(39)20-38/h5,14,17,19,23-25,27-29,33H,6-13,15-16,18,20-21,39H2,1-4H3/t23?,24?,25?,27?,28-,29+,33-/m0/s1. The van der Waals surface area contributed by atoms with Crippen LogP contribution < -0.4 is 5.73 Å². The van der Waals surface area contributed by atoms with Gasteiger partial charge in [0.2, 0.25) is 18.5 Å². The lowest BCUT2D eigenvalue weighted by molar-refractivity contribution is -0.161. The molecule has 10 nitrogen and oxygen atoms in total. The first kappa shape index (κ1) is 36.0. The number of fused-ring (bicyclic) bond motifs is 1. The van der Waals surface area contributed by atoms with E-state index in [-0.39, 0.29) is 47.7 Å². The van der Waals surface area contributed by atoms with Crippen molar-refractivity contribution >= 4 is 34.6 Å². The molecule has 1 aromatic carbocycles. The highest BCUT2D eigenvalue weighted by Crippen LogP contribution is 2.42. The Labute approximate surface area is 282 Å². The molecule has 48 heavy (non-hydrogen) atoms. The number of methoxy groups -OCH3 is 1. The van der Waals surface area contributed by atoms with E-state index >= 15 is 0 Å². The molecule has 0 bridgehead atoms. The summed E-state index contributed by atoms with van der Waals surface area (Å²) in [4.78, 5) is 54.6. The molecule has 2 heterocycles. The molecule has 264 valence electrons. The maximum atomic E-state index is 14.2. The lowest BCUT2D eigenvalue weighted by Gasteiger charge is -2.37. The Morgan fingerprint density at radius 1 is 0.979 bits per heavy atom. The Kier molecular flexibility index (Phi) is 11.6. The number of benzene rings is 1. The Bertz CT molecular complexity index is 1450. The smallest absolute Gasteiger partial charge is 0.377 e. The number of rotatable bonds is 11. The summed E-state index contributed by atoms with van der Waals surface area (Å²) in [5.74, 6) is -0.914. The normalized spacial score (nSPS) is 27.1. The summed E-state index contributed by atoms with van der Waals surface area (Å²) < 4.78 is 34.6. The molecule has 0 spiro atoms. The van der Waals surface area contributed by atoms with Crippen LogP contribution in [-0.4, -0.2) is 73.8 Å². The molecule has 11 heteroatoms. The number of hydrogen-bond donors (Lipinski definition) is 1. The highest BCUT2D eigenvalue weighted by atomic mass is 19.1. The number of halogens is 1. The van der Waals surface area contributed by atoms with Crippen LogP contribution >= 0.6 is 0 Å². The molecule has 1 saturated heterocycles. The summed E-state index contributed by atoms with van der Waals surface area (Å²) in [6, 6.07) is 5.90. The molecule has 0 unspecified atom stereocenters. The summed E-state index contributed by atoms with van der Waals surface area (Å²) >= 11 is 0. The van der Waals surface area contributed by atoms with Crippen molar-refractivity contribution in [3.05, 3.63) is 35.6 Å². The number of furan rings is 1. The highest BCUT2D eigenvalue weighted by molar-refractivity contribution is 5.94. The molecule has 2 saturated carbocycles. The molecule has 1 amide bonds. The second-order valence-corrected chi connectivity index (χ2v) is 15.0. The van der Waals surface area contributed by atoms with Gasteiger partial charge in [-0.1, -0.05) is 6.07 Å². The minimum atomic E-state index is -0.766. The molecule has 1 aromatic heterocycles. The Morgan fingerprint density at radius 3 is 2.33 bits per heavy atom. The Hall–Kier alpha value is -3.31. The third kappa shape index (κ3) is 8.28. The van der Waals surface area contributed by atoms with Gasteiger partial charge in [0.25, 0.3) is 0 Å². The number of amides is 1. The fourth-order valence-corrected chi connectivity index (χ4v) is 7.91. The number of hydrogen-bond acceptors (Lipinski definition) is 9. The van der Waals surface area contributed by atoms with Crippen molar-refractivity contribution in [1.29, 1.82) is 0 Å². The summed E-state index contributed by atoms with van der Waals surface area (Å²) in [6.07, 6.45) is 7.79. The number of Topliss-reactive ketones (excluding diaryl/α,β-unsaturated/α-hetero) is 1. The number of carbonyl (C=O) groups excluding carboxylic acids is 4. The Balaban J connectivity index is 1.28. The van der Waals surface area contributed by atoms with Crippen LogP contribution in [0.2, 0.25) is 0 Å². The van der Waals surface area contributed by atoms with Crippen LogP contribution in [0.5, 0.6) is 0 Å². The monoisotopic (exact) mass is 670 g/mol. The van der Waals surface area contributed by atoms with Crippen molar-refractivity contribution in [2.24, 2.45) is 34.8 Å². The van der Waals surface area contributed by atoms with E-state index in [9.17, 15) is 23.6 Å². The molecule has 2 N–H and O–H groups in total. The van der Waals surface area contributed by atoms with Crippen molar-refractivity contribution in [1.82, 2.24) is 4.90 Å². The van der Waals surface area contributed by atoms with Crippen molar-refractivity contribution in [2.45, 2.75) is 103 Å². The van der Waals surface area contributed by atoms with Crippen LogP contribution in [0.4, 0.5) is 4.39 Å². The number of nitrogens with two attached hydrogens (primary N) is 1. The molecule has 3 atom stereocenters. The van der Waals surface area contributed by atoms with Gasteiger partial charge in [0.15, 0.2) is 5.78 Å². The van der Waals surface area contributed by atoms with Crippen LogP contribution in [0.15, 0.2) is 28.7 Å². The van der Waals surface area contributed by atoms with Crippen molar-refractivity contribution < 1.29 is 42.2 Å². The highest BCUT2D eigenvalue weighted by Gasteiger charge is 2.47. The van der Waals surface area contributed by atoms with Crippen LogP contribution in [0, 0.1) is 29.1 Å². The zero-order valence-corrected chi connectivity index (χ0v) is 28.7. The van der Waals surface area contributed by atoms with Gasteiger partial charge in [-0.25, -0.2) is 9.18 Å². The SMILES string of the molecule is COC1CCC([C@@H]2CCN(C(=O)C3CCC([C@H](N)CF)CC3)[C@@H]2C(=O)Cc2ccc3oc(C(=O)OCOC(=O)C(C)(C)C)cc3c2)CC1. The summed E-state index contributed by atoms with van der Waals surface area (Å²) in [7, 11) is 1.75. The molecular weight excluding hydrogens is 619 g/mol.